The number of imidazole rings is 1. The minimum absolute atomic E-state index is 0.222. The molecule has 0 unspecified atom stereocenters. The van der Waals surface area contributed by atoms with Crippen molar-refractivity contribution in [3.8, 4) is 5.88 Å². The molecule has 9 heteroatoms. The second kappa shape index (κ2) is 7.76. The Morgan fingerprint density at radius 2 is 2.03 bits per heavy atom. The summed E-state index contributed by atoms with van der Waals surface area (Å²) in [5.74, 6) is -1.56. The third-order valence-corrected chi connectivity index (χ3v) is 5.52. The highest BCUT2D eigenvalue weighted by Gasteiger charge is 2.45. The molecule has 31 heavy (non-hydrogen) atoms. The van der Waals surface area contributed by atoms with Gasteiger partial charge in [0.05, 0.1) is 26.2 Å². The molecule has 4 rings (SSSR count). The Hall–Kier alpha value is -2.71. The van der Waals surface area contributed by atoms with Crippen molar-refractivity contribution < 1.29 is 18.3 Å². The lowest BCUT2D eigenvalue weighted by atomic mass is 10.0. The quantitative estimate of drug-likeness (QED) is 0.719. The summed E-state index contributed by atoms with van der Waals surface area (Å²) in [5, 5.41) is 0. The highest BCUT2D eigenvalue weighted by Crippen LogP contribution is 2.38. The second-order valence-electron chi connectivity index (χ2n) is 9.56. The van der Waals surface area contributed by atoms with Gasteiger partial charge in [-0.25, -0.2) is 18.7 Å². The van der Waals surface area contributed by atoms with Gasteiger partial charge < -0.3 is 19.5 Å². The largest absolute Gasteiger partial charge is 0.476 e. The van der Waals surface area contributed by atoms with E-state index in [1.165, 1.54) is 4.90 Å². The standard InChI is InChI=1S/C22H29F2N5O2/c1-14-9-25-18(26-14)10-29(21(2,3)4)20(30)16-7-8-17(28-12-22(23,24)13-28)19(27-16)31-11-15-5-6-15/h7-9,15H,5-6,10-13H2,1-4H3,(H,25,26). The maximum Gasteiger partial charge on any atom is 0.282 e. The van der Waals surface area contributed by atoms with E-state index in [0.29, 0.717) is 30.6 Å². The monoisotopic (exact) mass is 433 g/mol. The lowest BCUT2D eigenvalue weighted by molar-refractivity contribution is -0.0265. The van der Waals surface area contributed by atoms with E-state index in [0.717, 1.165) is 18.5 Å². The summed E-state index contributed by atoms with van der Waals surface area (Å²) in [4.78, 5) is 28.6. The number of amides is 1. The summed E-state index contributed by atoms with van der Waals surface area (Å²) < 4.78 is 32.7. The first-order valence-corrected chi connectivity index (χ1v) is 10.6. The fourth-order valence-electron chi connectivity index (χ4n) is 3.51. The Labute approximate surface area is 180 Å². The van der Waals surface area contributed by atoms with Gasteiger partial charge >= 0.3 is 0 Å². The molecule has 1 saturated carbocycles. The number of aromatic nitrogens is 3. The van der Waals surface area contributed by atoms with Crippen LogP contribution in [0.25, 0.3) is 0 Å². The Morgan fingerprint density at radius 1 is 1.32 bits per heavy atom. The van der Waals surface area contributed by atoms with Gasteiger partial charge in [0.2, 0.25) is 5.88 Å². The molecule has 1 amide bonds. The van der Waals surface area contributed by atoms with E-state index in [9.17, 15) is 13.6 Å². The van der Waals surface area contributed by atoms with Crippen molar-refractivity contribution in [2.75, 3.05) is 24.6 Å². The molecule has 168 valence electrons. The fourth-order valence-corrected chi connectivity index (χ4v) is 3.51. The van der Waals surface area contributed by atoms with Gasteiger partial charge in [0.25, 0.3) is 11.8 Å². The van der Waals surface area contributed by atoms with Gasteiger partial charge in [0.15, 0.2) is 0 Å². The predicted molar refractivity (Wildman–Crippen MR) is 113 cm³/mol. The number of hydrogen-bond donors (Lipinski definition) is 1. The Balaban J connectivity index is 1.59. The zero-order valence-corrected chi connectivity index (χ0v) is 18.4. The Bertz CT molecular complexity index is 957. The van der Waals surface area contributed by atoms with Crippen LogP contribution < -0.4 is 9.64 Å². The third-order valence-electron chi connectivity index (χ3n) is 5.52. The van der Waals surface area contributed by atoms with Crippen molar-refractivity contribution >= 4 is 11.6 Å². The van der Waals surface area contributed by atoms with Crippen LogP contribution in [-0.4, -0.2) is 56.9 Å². The van der Waals surface area contributed by atoms with Crippen LogP contribution in [0.2, 0.25) is 0 Å². The second-order valence-corrected chi connectivity index (χ2v) is 9.56. The van der Waals surface area contributed by atoms with Crippen molar-refractivity contribution in [3.05, 3.63) is 35.5 Å². The normalized spacial score (nSPS) is 17.9. The molecule has 0 atom stereocenters. The lowest BCUT2D eigenvalue weighted by Crippen LogP contribution is -2.56. The van der Waals surface area contributed by atoms with Crippen molar-refractivity contribution in [1.29, 1.82) is 0 Å². The van der Waals surface area contributed by atoms with Crippen LogP contribution in [0.1, 0.15) is 55.6 Å². The van der Waals surface area contributed by atoms with Gasteiger partial charge in [-0.3, -0.25) is 4.79 Å². The first kappa shape index (κ1) is 21.5. The molecule has 0 spiro atoms. The van der Waals surface area contributed by atoms with Crippen molar-refractivity contribution in [1.82, 2.24) is 19.9 Å². The average Bonchev–Trinajstić information content (AvgIpc) is 3.41. The number of carbonyl (C=O) groups is 1. The molecule has 0 radical (unpaired) electrons. The van der Waals surface area contributed by atoms with E-state index in [1.54, 1.807) is 23.2 Å². The van der Waals surface area contributed by atoms with Crippen LogP contribution >= 0.6 is 0 Å². The number of halogens is 2. The van der Waals surface area contributed by atoms with Crippen LogP contribution in [0, 0.1) is 12.8 Å². The van der Waals surface area contributed by atoms with Crippen LogP contribution in [0.3, 0.4) is 0 Å². The van der Waals surface area contributed by atoms with Gasteiger partial charge in [0, 0.05) is 17.4 Å². The highest BCUT2D eigenvalue weighted by atomic mass is 19.3. The van der Waals surface area contributed by atoms with Gasteiger partial charge in [-0.2, -0.15) is 0 Å². The van der Waals surface area contributed by atoms with Gasteiger partial charge in [0.1, 0.15) is 17.2 Å². The molecule has 2 aliphatic rings. The molecular weight excluding hydrogens is 404 g/mol. The van der Waals surface area contributed by atoms with Crippen molar-refractivity contribution in [2.24, 2.45) is 5.92 Å². The van der Waals surface area contributed by atoms with Crippen LogP contribution in [0.4, 0.5) is 14.5 Å². The maximum absolute atomic E-state index is 13.4. The zero-order chi connectivity index (χ0) is 22.4. The highest BCUT2D eigenvalue weighted by molar-refractivity contribution is 5.93. The molecule has 2 aromatic heterocycles. The summed E-state index contributed by atoms with van der Waals surface area (Å²) in [5.41, 5.74) is 1.17. The average molecular weight is 434 g/mol. The number of rotatable bonds is 7. The molecule has 7 nitrogen and oxygen atoms in total. The molecule has 1 aliphatic carbocycles. The number of aryl methyl sites for hydroxylation is 1. The number of nitrogens with one attached hydrogen (secondary N) is 1. The van der Waals surface area contributed by atoms with Crippen LogP contribution in [0.15, 0.2) is 18.3 Å². The molecule has 3 heterocycles. The smallest absolute Gasteiger partial charge is 0.282 e. The summed E-state index contributed by atoms with van der Waals surface area (Å²) in [6.07, 6.45) is 3.91. The molecule has 2 aromatic rings. The number of H-pyrrole nitrogens is 1. The third kappa shape index (κ3) is 4.97. The molecule has 1 aliphatic heterocycles. The number of hydrogen-bond acceptors (Lipinski definition) is 5. The zero-order valence-electron chi connectivity index (χ0n) is 18.4. The molecule has 1 saturated heterocycles. The SMILES string of the molecule is Cc1cnc(CN(C(=O)c2ccc(N3CC(F)(F)C3)c(OCC3CC3)n2)C(C)(C)C)[nH]1. The van der Waals surface area contributed by atoms with E-state index >= 15 is 0 Å². The molecule has 1 N–H and O–H groups in total. The van der Waals surface area contributed by atoms with E-state index < -0.39 is 11.5 Å². The van der Waals surface area contributed by atoms with E-state index in [4.69, 9.17) is 4.74 Å². The lowest BCUT2D eigenvalue weighted by Gasteiger charge is -2.40. The summed E-state index contributed by atoms with van der Waals surface area (Å²) >= 11 is 0. The summed E-state index contributed by atoms with van der Waals surface area (Å²) in [6.45, 7) is 7.79. The van der Waals surface area contributed by atoms with E-state index in [2.05, 4.69) is 15.0 Å². The van der Waals surface area contributed by atoms with Crippen LogP contribution in [0.5, 0.6) is 5.88 Å². The number of anilines is 1. The number of pyridine rings is 1. The molecule has 2 fully saturated rings. The van der Waals surface area contributed by atoms with Crippen molar-refractivity contribution in [3.63, 3.8) is 0 Å². The number of nitrogens with zero attached hydrogens (tertiary/aromatic N) is 4. The van der Waals surface area contributed by atoms with Gasteiger partial charge in [-0.05, 0) is 58.6 Å². The Morgan fingerprint density at radius 3 is 2.58 bits per heavy atom. The number of carbonyl (C=O) groups excluding carboxylic acids is 1. The fraction of sp³-hybridized carbons (Fsp3) is 0.591. The molecular formula is C22H29F2N5O2. The molecule has 0 bridgehead atoms. The predicted octanol–water partition coefficient (Wildman–Crippen LogP) is 3.80. The van der Waals surface area contributed by atoms with Crippen LogP contribution in [-0.2, 0) is 6.54 Å². The number of alkyl halides is 2. The Kier molecular flexibility index (Phi) is 5.39. The topological polar surface area (TPSA) is 74.3 Å². The maximum atomic E-state index is 13.4. The minimum atomic E-state index is -2.70. The number of aromatic amines is 1. The first-order chi connectivity index (χ1) is 14.5. The first-order valence-electron chi connectivity index (χ1n) is 10.6. The van der Waals surface area contributed by atoms with Gasteiger partial charge in [-0.15, -0.1) is 0 Å². The van der Waals surface area contributed by atoms with E-state index in [-0.39, 0.29) is 30.6 Å². The minimum Gasteiger partial charge on any atom is -0.476 e. The number of ether oxygens (including phenoxy) is 1. The summed E-state index contributed by atoms with van der Waals surface area (Å²) in [6, 6.07) is 3.25. The van der Waals surface area contributed by atoms with E-state index in [1.807, 2.05) is 27.7 Å². The summed E-state index contributed by atoms with van der Waals surface area (Å²) in [7, 11) is 0. The van der Waals surface area contributed by atoms with Crippen molar-refractivity contribution in [2.45, 2.75) is 58.5 Å². The molecule has 0 aromatic carbocycles. The van der Waals surface area contributed by atoms with Gasteiger partial charge in [-0.1, -0.05) is 0 Å².